The number of aliphatic hydroxyl groups is 1. The highest BCUT2D eigenvalue weighted by Crippen LogP contribution is 2.67. The molecule has 1 unspecified atom stereocenters. The fourth-order valence-electron chi connectivity index (χ4n) is 6.52. The quantitative estimate of drug-likeness (QED) is 0.686. The van der Waals surface area contributed by atoms with E-state index in [1.165, 1.54) is 18.4 Å². The first kappa shape index (κ1) is 20.1. The SMILES string of the molecule is COc1cc(C(C)(C)O)cc2c1C(CC(C)C)C[C@@]1(CC[C@H]3C[C@@H]1C3(C)C)O2. The highest BCUT2D eigenvalue weighted by Gasteiger charge is 2.64. The van der Waals surface area contributed by atoms with Gasteiger partial charge in [-0.2, -0.15) is 0 Å². The van der Waals surface area contributed by atoms with Gasteiger partial charge in [-0.1, -0.05) is 27.7 Å². The summed E-state index contributed by atoms with van der Waals surface area (Å²) < 4.78 is 12.8. The zero-order valence-corrected chi connectivity index (χ0v) is 18.8. The van der Waals surface area contributed by atoms with Crippen LogP contribution in [-0.2, 0) is 5.60 Å². The van der Waals surface area contributed by atoms with Crippen LogP contribution in [0.25, 0.3) is 0 Å². The standard InChI is InChI=1S/C25H38O3/c1-15(2)10-16-14-25(9-8-17-13-21(25)23(17,3)4)28-20-12-18(24(5,6)26)11-19(27-7)22(16)20/h11-12,15-17,21,26H,8-10,13-14H2,1-7H3/t16?,17-,21+,25+/m0/s1. The minimum absolute atomic E-state index is 0.0615. The molecule has 1 aliphatic heterocycles. The number of hydrogen-bond acceptors (Lipinski definition) is 3. The van der Waals surface area contributed by atoms with E-state index in [1.54, 1.807) is 7.11 Å². The zero-order chi connectivity index (χ0) is 20.5. The summed E-state index contributed by atoms with van der Waals surface area (Å²) in [5.41, 5.74) is 1.47. The lowest BCUT2D eigenvalue weighted by Crippen LogP contribution is -2.64. The normalized spacial score (nSPS) is 33.2. The van der Waals surface area contributed by atoms with Gasteiger partial charge in [-0.15, -0.1) is 0 Å². The second-order valence-corrected chi connectivity index (χ2v) is 11.2. The lowest BCUT2D eigenvalue weighted by Gasteiger charge is -2.66. The highest BCUT2D eigenvalue weighted by molar-refractivity contribution is 5.53. The van der Waals surface area contributed by atoms with E-state index in [0.29, 0.717) is 23.2 Å². The summed E-state index contributed by atoms with van der Waals surface area (Å²) in [6.07, 6.45) is 5.98. The molecular formula is C25H38O3. The third-order valence-corrected chi connectivity index (χ3v) is 8.12. The van der Waals surface area contributed by atoms with Crippen LogP contribution < -0.4 is 9.47 Å². The predicted molar refractivity (Wildman–Crippen MR) is 113 cm³/mol. The Balaban J connectivity index is 1.83. The van der Waals surface area contributed by atoms with Gasteiger partial charge in [-0.3, -0.25) is 0 Å². The Bertz CT molecular complexity index is 756. The molecule has 1 N–H and O–H groups in total. The van der Waals surface area contributed by atoms with Crippen LogP contribution in [0.15, 0.2) is 12.1 Å². The van der Waals surface area contributed by atoms with Crippen LogP contribution in [0.2, 0.25) is 0 Å². The maximum Gasteiger partial charge on any atom is 0.127 e. The van der Waals surface area contributed by atoms with E-state index in [-0.39, 0.29) is 5.60 Å². The molecule has 1 aromatic rings. The van der Waals surface area contributed by atoms with Gasteiger partial charge in [-0.05, 0) is 86.8 Å². The predicted octanol–water partition coefficient (Wildman–Crippen LogP) is 6.03. The topological polar surface area (TPSA) is 38.7 Å². The molecule has 4 atom stereocenters. The van der Waals surface area contributed by atoms with E-state index in [0.717, 1.165) is 42.2 Å². The Kier molecular flexibility index (Phi) is 4.58. The molecule has 3 saturated carbocycles. The van der Waals surface area contributed by atoms with Crippen LogP contribution in [-0.4, -0.2) is 17.8 Å². The summed E-state index contributed by atoms with van der Waals surface area (Å²) in [6.45, 7) is 13.2. The Morgan fingerprint density at radius 1 is 1.29 bits per heavy atom. The molecule has 4 aliphatic rings. The molecule has 0 saturated heterocycles. The smallest absolute Gasteiger partial charge is 0.127 e. The van der Waals surface area contributed by atoms with Crippen LogP contribution in [0.1, 0.15) is 90.7 Å². The number of benzene rings is 1. The van der Waals surface area contributed by atoms with Crippen molar-refractivity contribution in [3.63, 3.8) is 0 Å². The maximum atomic E-state index is 10.7. The van der Waals surface area contributed by atoms with E-state index in [9.17, 15) is 5.11 Å². The van der Waals surface area contributed by atoms with Crippen molar-refractivity contribution in [2.24, 2.45) is 23.2 Å². The molecule has 3 nitrogen and oxygen atoms in total. The number of fused-ring (bicyclic) bond motifs is 2. The number of rotatable bonds is 4. The maximum absolute atomic E-state index is 10.7. The van der Waals surface area contributed by atoms with Crippen molar-refractivity contribution in [1.29, 1.82) is 0 Å². The van der Waals surface area contributed by atoms with Gasteiger partial charge in [0.15, 0.2) is 0 Å². The molecule has 3 aliphatic carbocycles. The summed E-state index contributed by atoms with van der Waals surface area (Å²) >= 11 is 0. The van der Waals surface area contributed by atoms with Gasteiger partial charge in [0.25, 0.3) is 0 Å². The molecule has 5 rings (SSSR count). The van der Waals surface area contributed by atoms with Crippen LogP contribution in [0.4, 0.5) is 0 Å². The van der Waals surface area contributed by atoms with Crippen molar-refractivity contribution in [3.8, 4) is 11.5 Å². The molecule has 156 valence electrons. The first-order chi connectivity index (χ1) is 13.0. The molecule has 0 amide bonds. The second-order valence-electron chi connectivity index (χ2n) is 11.2. The Morgan fingerprint density at radius 3 is 2.54 bits per heavy atom. The molecule has 2 bridgehead atoms. The molecule has 0 radical (unpaired) electrons. The van der Waals surface area contributed by atoms with E-state index >= 15 is 0 Å². The van der Waals surface area contributed by atoms with E-state index in [2.05, 4.69) is 33.8 Å². The van der Waals surface area contributed by atoms with Crippen molar-refractivity contribution < 1.29 is 14.6 Å². The first-order valence-corrected chi connectivity index (χ1v) is 11.1. The van der Waals surface area contributed by atoms with Crippen LogP contribution in [0.3, 0.4) is 0 Å². The van der Waals surface area contributed by atoms with Gasteiger partial charge < -0.3 is 14.6 Å². The molecule has 1 spiro atoms. The summed E-state index contributed by atoms with van der Waals surface area (Å²) in [5, 5.41) is 10.7. The highest BCUT2D eigenvalue weighted by atomic mass is 16.5. The lowest BCUT2D eigenvalue weighted by atomic mass is 9.42. The third kappa shape index (κ3) is 2.96. The summed E-state index contributed by atoms with van der Waals surface area (Å²) in [7, 11) is 1.74. The first-order valence-electron chi connectivity index (χ1n) is 11.1. The van der Waals surface area contributed by atoms with Crippen LogP contribution in [0, 0.1) is 23.2 Å². The molecule has 3 heteroatoms. The van der Waals surface area contributed by atoms with Gasteiger partial charge in [0.2, 0.25) is 0 Å². The fraction of sp³-hybridized carbons (Fsp3) is 0.760. The summed E-state index contributed by atoms with van der Waals surface area (Å²) in [5.74, 6) is 4.37. The molecule has 3 fully saturated rings. The second kappa shape index (κ2) is 6.39. The Hall–Kier alpha value is -1.22. The molecular weight excluding hydrogens is 348 g/mol. The van der Waals surface area contributed by atoms with Crippen molar-refractivity contribution in [2.75, 3.05) is 7.11 Å². The van der Waals surface area contributed by atoms with E-state index in [4.69, 9.17) is 9.47 Å². The summed E-state index contributed by atoms with van der Waals surface area (Å²) in [4.78, 5) is 0. The van der Waals surface area contributed by atoms with Gasteiger partial charge in [0.1, 0.15) is 17.1 Å². The third-order valence-electron chi connectivity index (χ3n) is 8.12. The van der Waals surface area contributed by atoms with Crippen molar-refractivity contribution in [2.45, 2.75) is 90.8 Å². The van der Waals surface area contributed by atoms with Crippen LogP contribution in [0.5, 0.6) is 11.5 Å². The number of hydrogen-bond donors (Lipinski definition) is 1. The fourth-order valence-corrected chi connectivity index (χ4v) is 6.52. The van der Waals surface area contributed by atoms with Gasteiger partial charge >= 0.3 is 0 Å². The number of ether oxygens (including phenoxy) is 2. The Labute approximate surface area is 170 Å². The van der Waals surface area contributed by atoms with Gasteiger partial charge in [-0.25, -0.2) is 0 Å². The molecule has 1 aromatic carbocycles. The zero-order valence-electron chi connectivity index (χ0n) is 18.8. The van der Waals surface area contributed by atoms with Crippen molar-refractivity contribution >= 4 is 0 Å². The van der Waals surface area contributed by atoms with Crippen LogP contribution >= 0.6 is 0 Å². The van der Waals surface area contributed by atoms with Gasteiger partial charge in [0.05, 0.1) is 12.7 Å². The van der Waals surface area contributed by atoms with Gasteiger partial charge in [0, 0.05) is 11.5 Å². The van der Waals surface area contributed by atoms with E-state index < -0.39 is 5.60 Å². The Morgan fingerprint density at radius 2 is 2.00 bits per heavy atom. The average molecular weight is 387 g/mol. The number of methoxy groups -OCH3 is 1. The van der Waals surface area contributed by atoms with Crippen molar-refractivity contribution in [3.05, 3.63) is 23.3 Å². The minimum Gasteiger partial charge on any atom is -0.496 e. The van der Waals surface area contributed by atoms with Crippen molar-refractivity contribution in [1.82, 2.24) is 0 Å². The molecule has 1 heterocycles. The minimum atomic E-state index is -0.919. The summed E-state index contributed by atoms with van der Waals surface area (Å²) in [6, 6.07) is 4.10. The molecule has 0 aromatic heterocycles. The van der Waals surface area contributed by atoms with E-state index in [1.807, 2.05) is 19.9 Å². The molecule has 28 heavy (non-hydrogen) atoms. The lowest BCUT2D eigenvalue weighted by molar-refractivity contribution is -0.198. The monoisotopic (exact) mass is 386 g/mol. The largest absolute Gasteiger partial charge is 0.496 e. The average Bonchev–Trinajstić information content (AvgIpc) is 2.58.